The number of hydrogen-bond donors (Lipinski definition) is 1. The number of hydrogen-bond acceptors (Lipinski definition) is 3. The molecular weight excluding hydrogens is 214 g/mol. The second-order valence-corrected chi connectivity index (χ2v) is 5.11. The highest BCUT2D eigenvalue weighted by atomic mass is 16.5. The highest BCUT2D eigenvalue weighted by molar-refractivity contribution is 5.77. The van der Waals surface area contributed by atoms with Gasteiger partial charge in [0.2, 0.25) is 0 Å². The molecule has 0 aromatic heterocycles. The molecule has 0 amide bonds. The van der Waals surface area contributed by atoms with Crippen molar-refractivity contribution in [3.05, 3.63) is 34.9 Å². The molecule has 0 aliphatic rings. The van der Waals surface area contributed by atoms with Crippen LogP contribution in [0.3, 0.4) is 0 Å². The molecule has 94 valence electrons. The second-order valence-electron chi connectivity index (χ2n) is 5.11. The predicted molar refractivity (Wildman–Crippen MR) is 68.6 cm³/mol. The van der Waals surface area contributed by atoms with Gasteiger partial charge in [-0.25, -0.2) is 0 Å². The van der Waals surface area contributed by atoms with E-state index in [0.29, 0.717) is 0 Å². The number of esters is 1. The van der Waals surface area contributed by atoms with Crippen LogP contribution in [0.25, 0.3) is 0 Å². The molecule has 17 heavy (non-hydrogen) atoms. The van der Waals surface area contributed by atoms with Crippen LogP contribution in [0.1, 0.15) is 36.6 Å². The summed E-state index contributed by atoms with van der Waals surface area (Å²) in [6.45, 7) is 7.66. The smallest absolute Gasteiger partial charge is 0.313 e. The lowest BCUT2D eigenvalue weighted by Crippen LogP contribution is -2.37. The lowest BCUT2D eigenvalue weighted by Gasteiger charge is -2.29. The number of carbonyl (C=O) groups excluding carboxylic acids is 1. The molecule has 1 rings (SSSR count). The summed E-state index contributed by atoms with van der Waals surface area (Å²) in [5.41, 5.74) is 8.73. The summed E-state index contributed by atoms with van der Waals surface area (Å²) in [6.07, 6.45) is 0. The van der Waals surface area contributed by atoms with Crippen molar-refractivity contribution >= 4 is 5.97 Å². The number of methoxy groups -OCH3 is 1. The molecule has 0 radical (unpaired) electrons. The first-order chi connectivity index (χ1) is 7.78. The minimum Gasteiger partial charge on any atom is -0.469 e. The van der Waals surface area contributed by atoms with Crippen LogP contribution >= 0.6 is 0 Å². The Hall–Kier alpha value is -1.35. The van der Waals surface area contributed by atoms with Crippen molar-refractivity contribution in [2.45, 2.75) is 33.7 Å². The molecule has 0 heterocycles. The Kier molecular flexibility index (Phi) is 3.94. The molecule has 0 aliphatic carbocycles. The van der Waals surface area contributed by atoms with Gasteiger partial charge >= 0.3 is 5.97 Å². The largest absolute Gasteiger partial charge is 0.469 e. The summed E-state index contributed by atoms with van der Waals surface area (Å²) in [7, 11) is 1.39. The van der Waals surface area contributed by atoms with Gasteiger partial charge in [0.25, 0.3) is 0 Å². The molecule has 0 saturated carbocycles. The van der Waals surface area contributed by atoms with Crippen LogP contribution < -0.4 is 5.73 Å². The van der Waals surface area contributed by atoms with Gasteiger partial charge in [-0.1, -0.05) is 29.3 Å². The summed E-state index contributed by atoms with van der Waals surface area (Å²) in [5, 5.41) is 0. The molecule has 0 spiro atoms. The first-order valence-corrected chi connectivity index (χ1v) is 5.71. The third kappa shape index (κ3) is 2.86. The molecule has 0 aliphatic heterocycles. The fourth-order valence-electron chi connectivity index (χ4n) is 2.00. The minimum atomic E-state index is -0.727. The van der Waals surface area contributed by atoms with Crippen LogP contribution in [0.4, 0.5) is 0 Å². The van der Waals surface area contributed by atoms with Crippen molar-refractivity contribution < 1.29 is 9.53 Å². The Morgan fingerprint density at radius 1 is 1.24 bits per heavy atom. The quantitative estimate of drug-likeness (QED) is 0.819. The number of aryl methyl sites for hydroxylation is 2. The van der Waals surface area contributed by atoms with Crippen molar-refractivity contribution in [1.29, 1.82) is 0 Å². The zero-order valence-corrected chi connectivity index (χ0v) is 11.2. The zero-order valence-electron chi connectivity index (χ0n) is 11.2. The Balaban J connectivity index is 3.11. The van der Waals surface area contributed by atoms with E-state index in [9.17, 15) is 4.79 Å². The van der Waals surface area contributed by atoms with Gasteiger partial charge in [-0.3, -0.25) is 4.79 Å². The molecule has 0 bridgehead atoms. The van der Waals surface area contributed by atoms with Gasteiger partial charge in [0.15, 0.2) is 0 Å². The van der Waals surface area contributed by atoms with Crippen molar-refractivity contribution in [3.8, 4) is 0 Å². The van der Waals surface area contributed by atoms with E-state index in [1.807, 2.05) is 26.0 Å². The fraction of sp³-hybridized carbons (Fsp3) is 0.500. The third-order valence-electron chi connectivity index (χ3n) is 3.09. The lowest BCUT2D eigenvalue weighted by atomic mass is 9.80. The minimum absolute atomic E-state index is 0.288. The van der Waals surface area contributed by atoms with Gasteiger partial charge in [-0.15, -0.1) is 0 Å². The Morgan fingerprint density at radius 3 is 2.12 bits per heavy atom. The highest BCUT2D eigenvalue weighted by Crippen LogP contribution is 2.33. The Labute approximate surface area is 103 Å². The summed E-state index contributed by atoms with van der Waals surface area (Å²) in [5.74, 6) is -0.288. The number of benzene rings is 1. The molecular formula is C14H21NO2. The third-order valence-corrected chi connectivity index (χ3v) is 3.09. The van der Waals surface area contributed by atoms with E-state index >= 15 is 0 Å². The maximum Gasteiger partial charge on any atom is 0.313 e. The van der Waals surface area contributed by atoms with Crippen LogP contribution in [-0.2, 0) is 9.53 Å². The summed E-state index contributed by atoms with van der Waals surface area (Å²) < 4.78 is 4.80. The van der Waals surface area contributed by atoms with Crippen LogP contribution in [0.5, 0.6) is 0 Å². The molecule has 1 atom stereocenters. The van der Waals surface area contributed by atoms with Gasteiger partial charge in [-0.2, -0.15) is 0 Å². The van der Waals surface area contributed by atoms with E-state index in [-0.39, 0.29) is 12.0 Å². The molecule has 0 unspecified atom stereocenters. The van der Waals surface area contributed by atoms with Gasteiger partial charge in [0, 0.05) is 6.04 Å². The van der Waals surface area contributed by atoms with E-state index in [0.717, 1.165) is 16.7 Å². The van der Waals surface area contributed by atoms with Gasteiger partial charge in [-0.05, 0) is 33.3 Å². The second kappa shape index (κ2) is 4.88. The molecule has 0 saturated heterocycles. The van der Waals surface area contributed by atoms with Gasteiger partial charge < -0.3 is 10.5 Å². The van der Waals surface area contributed by atoms with Crippen molar-refractivity contribution in [1.82, 2.24) is 0 Å². The van der Waals surface area contributed by atoms with Crippen molar-refractivity contribution in [3.63, 3.8) is 0 Å². The van der Waals surface area contributed by atoms with E-state index in [1.54, 1.807) is 13.8 Å². The summed E-state index contributed by atoms with van der Waals surface area (Å²) >= 11 is 0. The number of carbonyl (C=O) groups is 1. The van der Waals surface area contributed by atoms with E-state index < -0.39 is 5.41 Å². The monoisotopic (exact) mass is 235 g/mol. The number of nitrogens with two attached hydrogens (primary N) is 1. The van der Waals surface area contributed by atoms with E-state index in [2.05, 4.69) is 6.07 Å². The van der Waals surface area contributed by atoms with Crippen molar-refractivity contribution in [2.75, 3.05) is 7.11 Å². The van der Waals surface area contributed by atoms with Crippen LogP contribution in [0.15, 0.2) is 18.2 Å². The number of rotatable bonds is 3. The maximum absolute atomic E-state index is 11.7. The molecule has 1 aromatic carbocycles. The normalized spacial score (nSPS) is 13.3. The van der Waals surface area contributed by atoms with Crippen LogP contribution in [-0.4, -0.2) is 13.1 Å². The summed E-state index contributed by atoms with van der Waals surface area (Å²) in [6, 6.07) is 5.75. The van der Waals surface area contributed by atoms with Crippen LogP contribution in [0.2, 0.25) is 0 Å². The van der Waals surface area contributed by atoms with Crippen LogP contribution in [0, 0.1) is 19.3 Å². The van der Waals surface area contributed by atoms with Crippen molar-refractivity contribution in [2.24, 2.45) is 11.1 Å². The summed E-state index contributed by atoms with van der Waals surface area (Å²) in [4.78, 5) is 11.7. The maximum atomic E-state index is 11.7. The van der Waals surface area contributed by atoms with E-state index in [1.165, 1.54) is 7.11 Å². The topological polar surface area (TPSA) is 52.3 Å². The molecule has 2 N–H and O–H groups in total. The van der Waals surface area contributed by atoms with Gasteiger partial charge in [0.05, 0.1) is 12.5 Å². The first-order valence-electron chi connectivity index (χ1n) is 5.71. The van der Waals surface area contributed by atoms with E-state index in [4.69, 9.17) is 10.5 Å². The highest BCUT2D eigenvalue weighted by Gasteiger charge is 2.36. The molecule has 3 heteroatoms. The molecule has 0 fully saturated rings. The first kappa shape index (κ1) is 13.7. The Morgan fingerprint density at radius 2 is 1.71 bits per heavy atom. The van der Waals surface area contributed by atoms with Gasteiger partial charge in [0.1, 0.15) is 0 Å². The average molecular weight is 235 g/mol. The molecule has 1 aromatic rings. The zero-order chi connectivity index (χ0) is 13.2. The number of ether oxygens (including phenoxy) is 1. The standard InChI is InChI=1S/C14H21NO2/c1-9-6-10(2)8-11(7-9)12(15)14(3,4)13(16)17-5/h6-8,12H,15H2,1-5H3/t12-/m1/s1. The molecule has 3 nitrogen and oxygen atoms in total. The fourth-order valence-corrected chi connectivity index (χ4v) is 2.00. The SMILES string of the molecule is COC(=O)C(C)(C)[C@H](N)c1cc(C)cc(C)c1. The Bertz CT molecular complexity index is 404. The predicted octanol–water partition coefficient (Wildman–Crippen LogP) is 2.50. The average Bonchev–Trinajstić information content (AvgIpc) is 2.25. The lowest BCUT2D eigenvalue weighted by molar-refractivity contribution is -0.152.